The van der Waals surface area contributed by atoms with E-state index in [1.165, 1.54) is 5.57 Å². The fourth-order valence-electron chi connectivity index (χ4n) is 2.04. The third-order valence-corrected chi connectivity index (χ3v) is 5.53. The molecule has 1 fully saturated rings. The summed E-state index contributed by atoms with van der Waals surface area (Å²) in [6.07, 6.45) is 3.45. The lowest BCUT2D eigenvalue weighted by Crippen LogP contribution is -2.44. The first kappa shape index (κ1) is 10.0. The molecule has 1 heterocycles. The highest BCUT2D eigenvalue weighted by Crippen LogP contribution is 2.47. The molecular formula is C10H14BrClO. The van der Waals surface area contributed by atoms with E-state index in [2.05, 4.69) is 35.9 Å². The maximum Gasteiger partial charge on any atom is 0.0815 e. The lowest BCUT2D eigenvalue weighted by molar-refractivity contribution is 0.0861. The van der Waals surface area contributed by atoms with Gasteiger partial charge in [-0.25, -0.2) is 0 Å². The molecule has 2 aliphatic rings. The predicted octanol–water partition coefficient (Wildman–Crippen LogP) is 3.11. The summed E-state index contributed by atoms with van der Waals surface area (Å²) < 4.78 is 5.58. The molecule has 1 aliphatic heterocycles. The van der Waals surface area contributed by atoms with Crippen molar-refractivity contribution in [1.82, 2.24) is 0 Å². The summed E-state index contributed by atoms with van der Waals surface area (Å²) in [5.74, 6) is 0. The van der Waals surface area contributed by atoms with Crippen LogP contribution in [0.5, 0.6) is 0 Å². The first-order valence-electron chi connectivity index (χ1n) is 4.63. The molecule has 13 heavy (non-hydrogen) atoms. The van der Waals surface area contributed by atoms with Crippen LogP contribution in [0.3, 0.4) is 0 Å². The molecule has 2 rings (SSSR count). The molecule has 0 aromatic rings. The van der Waals surface area contributed by atoms with E-state index in [1.54, 1.807) is 0 Å². The van der Waals surface area contributed by atoms with Crippen molar-refractivity contribution in [3.05, 3.63) is 11.6 Å². The molecule has 0 spiro atoms. The van der Waals surface area contributed by atoms with E-state index in [9.17, 15) is 0 Å². The van der Waals surface area contributed by atoms with Gasteiger partial charge in [-0.3, -0.25) is 0 Å². The van der Waals surface area contributed by atoms with Crippen molar-refractivity contribution in [2.75, 3.05) is 6.61 Å². The fraction of sp³-hybridized carbons (Fsp3) is 0.800. The van der Waals surface area contributed by atoms with Gasteiger partial charge in [0.05, 0.1) is 18.1 Å². The van der Waals surface area contributed by atoms with Gasteiger partial charge in [-0.15, -0.1) is 11.6 Å². The average molecular weight is 266 g/mol. The number of fused-ring (bicyclic) bond motifs is 1. The third-order valence-electron chi connectivity index (χ3n) is 3.16. The molecule has 1 nitrogen and oxygen atoms in total. The van der Waals surface area contributed by atoms with Gasteiger partial charge >= 0.3 is 0 Å². The van der Waals surface area contributed by atoms with Gasteiger partial charge in [0.1, 0.15) is 0 Å². The molecule has 3 atom stereocenters. The van der Waals surface area contributed by atoms with Crippen LogP contribution in [0.1, 0.15) is 20.3 Å². The van der Waals surface area contributed by atoms with Gasteiger partial charge in [0.25, 0.3) is 0 Å². The Hall–Kier alpha value is 0.470. The molecule has 0 N–H and O–H groups in total. The van der Waals surface area contributed by atoms with Crippen LogP contribution in [0.25, 0.3) is 0 Å². The zero-order chi connectivity index (χ0) is 9.64. The van der Waals surface area contributed by atoms with Gasteiger partial charge < -0.3 is 4.74 Å². The SMILES string of the molecule is CC1(C)[C@H](Cl)C2=CCO[C@@H]2C[C@@H]1Br. The van der Waals surface area contributed by atoms with Crippen LogP contribution in [0.4, 0.5) is 0 Å². The van der Waals surface area contributed by atoms with Gasteiger partial charge in [-0.2, -0.15) is 0 Å². The van der Waals surface area contributed by atoms with E-state index in [0.29, 0.717) is 4.83 Å². The van der Waals surface area contributed by atoms with Crippen molar-refractivity contribution in [3.63, 3.8) is 0 Å². The Morgan fingerprint density at radius 2 is 2.31 bits per heavy atom. The average Bonchev–Trinajstić information content (AvgIpc) is 2.49. The van der Waals surface area contributed by atoms with Crippen LogP contribution in [-0.4, -0.2) is 22.9 Å². The summed E-state index contributed by atoms with van der Waals surface area (Å²) in [5, 5.41) is 0.109. The van der Waals surface area contributed by atoms with Gasteiger partial charge in [0.2, 0.25) is 0 Å². The van der Waals surface area contributed by atoms with Gasteiger partial charge in [0.15, 0.2) is 0 Å². The van der Waals surface area contributed by atoms with Crippen LogP contribution in [0.2, 0.25) is 0 Å². The van der Waals surface area contributed by atoms with Gasteiger partial charge in [-0.1, -0.05) is 35.9 Å². The van der Waals surface area contributed by atoms with Crippen LogP contribution >= 0.6 is 27.5 Å². The number of hydrogen-bond acceptors (Lipinski definition) is 1. The maximum absolute atomic E-state index is 6.43. The smallest absolute Gasteiger partial charge is 0.0815 e. The van der Waals surface area contributed by atoms with Crippen molar-refractivity contribution < 1.29 is 4.74 Å². The van der Waals surface area contributed by atoms with Crippen LogP contribution in [0.15, 0.2) is 11.6 Å². The largest absolute Gasteiger partial charge is 0.370 e. The number of hydrogen-bond donors (Lipinski definition) is 0. The second-order valence-electron chi connectivity index (χ2n) is 4.41. The lowest BCUT2D eigenvalue weighted by atomic mass is 9.73. The summed E-state index contributed by atoms with van der Waals surface area (Å²) >= 11 is 10.1. The summed E-state index contributed by atoms with van der Waals surface area (Å²) in [6.45, 7) is 5.15. The molecule has 3 heteroatoms. The van der Waals surface area contributed by atoms with E-state index in [0.717, 1.165) is 13.0 Å². The number of halogens is 2. The quantitative estimate of drug-likeness (QED) is 0.483. The molecule has 0 saturated heterocycles. The Morgan fingerprint density at radius 3 is 3.00 bits per heavy atom. The maximum atomic E-state index is 6.43. The van der Waals surface area contributed by atoms with Gasteiger partial charge in [-0.05, 0) is 17.4 Å². The van der Waals surface area contributed by atoms with E-state index in [1.807, 2.05) is 0 Å². The Kier molecular flexibility index (Phi) is 2.50. The fourth-order valence-corrected chi connectivity index (χ4v) is 3.18. The van der Waals surface area contributed by atoms with Crippen molar-refractivity contribution >= 4 is 27.5 Å². The highest BCUT2D eigenvalue weighted by atomic mass is 79.9. The Bertz CT molecular complexity index is 249. The van der Waals surface area contributed by atoms with Crippen LogP contribution in [0, 0.1) is 5.41 Å². The highest BCUT2D eigenvalue weighted by Gasteiger charge is 2.46. The normalized spacial score (nSPS) is 42.8. The monoisotopic (exact) mass is 264 g/mol. The second-order valence-corrected chi connectivity index (χ2v) is 5.96. The molecule has 74 valence electrons. The van der Waals surface area contributed by atoms with Crippen molar-refractivity contribution in [2.24, 2.45) is 5.41 Å². The van der Waals surface area contributed by atoms with Crippen LogP contribution < -0.4 is 0 Å². The minimum absolute atomic E-state index is 0.109. The zero-order valence-electron chi connectivity index (χ0n) is 7.89. The van der Waals surface area contributed by atoms with E-state index in [-0.39, 0.29) is 16.9 Å². The molecule has 0 bridgehead atoms. The standard InChI is InChI=1S/C10H14BrClO/c1-10(2)8(11)5-7-6(9(10)12)3-4-13-7/h3,7-9H,4-5H2,1-2H3/t7-,8+,9-/m1/s1. The predicted molar refractivity (Wildman–Crippen MR) is 58.6 cm³/mol. The first-order chi connectivity index (χ1) is 6.03. The Balaban J connectivity index is 2.28. The second kappa shape index (κ2) is 3.25. The van der Waals surface area contributed by atoms with E-state index < -0.39 is 0 Å². The minimum Gasteiger partial charge on any atom is -0.370 e. The van der Waals surface area contributed by atoms with Crippen molar-refractivity contribution in [2.45, 2.75) is 36.6 Å². The minimum atomic E-state index is 0.109. The summed E-state index contributed by atoms with van der Waals surface area (Å²) in [4.78, 5) is 0.447. The molecule has 1 aliphatic carbocycles. The molecule has 0 radical (unpaired) electrons. The van der Waals surface area contributed by atoms with Crippen molar-refractivity contribution in [3.8, 4) is 0 Å². The van der Waals surface area contributed by atoms with Crippen LogP contribution in [-0.2, 0) is 4.74 Å². The summed E-state index contributed by atoms with van der Waals surface area (Å²) in [7, 11) is 0. The molecular weight excluding hydrogens is 251 g/mol. The highest BCUT2D eigenvalue weighted by molar-refractivity contribution is 9.09. The van der Waals surface area contributed by atoms with E-state index in [4.69, 9.17) is 16.3 Å². The third kappa shape index (κ3) is 1.47. The number of ether oxygens (including phenoxy) is 1. The topological polar surface area (TPSA) is 9.23 Å². The molecule has 0 aromatic carbocycles. The summed E-state index contributed by atoms with van der Waals surface area (Å²) in [5.41, 5.74) is 1.42. The molecule has 0 aromatic heterocycles. The number of alkyl halides is 2. The molecule has 1 saturated carbocycles. The molecule has 0 unspecified atom stereocenters. The summed E-state index contributed by atoms with van der Waals surface area (Å²) in [6, 6.07) is 0. The lowest BCUT2D eigenvalue weighted by Gasteiger charge is -2.42. The Morgan fingerprint density at radius 1 is 1.62 bits per heavy atom. The van der Waals surface area contributed by atoms with Crippen molar-refractivity contribution in [1.29, 1.82) is 0 Å². The Labute approximate surface area is 92.6 Å². The first-order valence-corrected chi connectivity index (χ1v) is 5.98. The zero-order valence-corrected chi connectivity index (χ0v) is 10.2. The van der Waals surface area contributed by atoms with Gasteiger partial charge in [0, 0.05) is 4.83 Å². The molecule has 0 amide bonds. The van der Waals surface area contributed by atoms with E-state index >= 15 is 0 Å². The number of rotatable bonds is 0.